The number of hydrogen-bond donors (Lipinski definition) is 0. The molecule has 5 heteroatoms. The highest BCUT2D eigenvalue weighted by atomic mass is 35.5. The van der Waals surface area contributed by atoms with Crippen LogP contribution in [0.25, 0.3) is 0 Å². The largest absolute Gasteiger partial charge is 0.473 e. The van der Waals surface area contributed by atoms with Gasteiger partial charge in [0.1, 0.15) is 18.0 Å². The van der Waals surface area contributed by atoms with Crippen LogP contribution >= 0.6 is 23.2 Å². The fourth-order valence-electron chi connectivity index (χ4n) is 1.64. The molecule has 0 spiro atoms. The summed E-state index contributed by atoms with van der Waals surface area (Å²) >= 11 is 11.7. The first-order valence-corrected chi connectivity index (χ1v) is 6.41. The van der Waals surface area contributed by atoms with Crippen molar-refractivity contribution in [1.82, 2.24) is 4.98 Å². The maximum atomic E-state index is 10.6. The van der Waals surface area contributed by atoms with Crippen LogP contribution in [0.4, 0.5) is 0 Å². The quantitative estimate of drug-likeness (QED) is 0.623. The monoisotopic (exact) mass is 295 g/mol. The van der Waals surface area contributed by atoms with Crippen molar-refractivity contribution >= 4 is 29.5 Å². The lowest BCUT2D eigenvalue weighted by Crippen LogP contribution is -2.02. The number of halogens is 2. The molecule has 0 aliphatic heterocycles. The molecule has 0 aliphatic carbocycles. The van der Waals surface area contributed by atoms with Crippen molar-refractivity contribution in [2.24, 2.45) is 0 Å². The Morgan fingerprint density at radius 1 is 1.16 bits per heavy atom. The van der Waals surface area contributed by atoms with E-state index in [1.54, 1.807) is 30.3 Å². The van der Waals surface area contributed by atoms with E-state index in [2.05, 4.69) is 4.98 Å². The third-order valence-electron chi connectivity index (χ3n) is 2.54. The van der Waals surface area contributed by atoms with E-state index in [4.69, 9.17) is 27.9 Å². The molecule has 0 aliphatic rings. The first-order valence-electron chi connectivity index (χ1n) is 5.65. The van der Waals surface area contributed by atoms with Gasteiger partial charge < -0.3 is 9.53 Å². The average Bonchev–Trinajstić information content (AvgIpc) is 2.38. The SMILES string of the molecule is O=CCc1cc(Cl)ccc1COc1cccc(Cl)n1. The van der Waals surface area contributed by atoms with E-state index < -0.39 is 0 Å². The van der Waals surface area contributed by atoms with Crippen LogP contribution in [0.1, 0.15) is 11.1 Å². The average molecular weight is 296 g/mol. The Labute approximate surface area is 121 Å². The lowest BCUT2D eigenvalue weighted by molar-refractivity contribution is -0.107. The van der Waals surface area contributed by atoms with Gasteiger partial charge in [0.05, 0.1) is 0 Å². The molecule has 1 aromatic carbocycles. The van der Waals surface area contributed by atoms with Gasteiger partial charge in [-0.3, -0.25) is 0 Å². The highest BCUT2D eigenvalue weighted by Gasteiger charge is 2.05. The van der Waals surface area contributed by atoms with Crippen molar-refractivity contribution in [2.75, 3.05) is 0 Å². The number of benzene rings is 1. The minimum absolute atomic E-state index is 0.308. The van der Waals surface area contributed by atoms with Crippen molar-refractivity contribution in [3.63, 3.8) is 0 Å². The summed E-state index contributed by atoms with van der Waals surface area (Å²) in [6.45, 7) is 0.313. The van der Waals surface area contributed by atoms with Gasteiger partial charge in [0, 0.05) is 17.5 Å². The van der Waals surface area contributed by atoms with Crippen molar-refractivity contribution in [3.8, 4) is 5.88 Å². The van der Waals surface area contributed by atoms with Gasteiger partial charge in [-0.15, -0.1) is 0 Å². The second-order valence-electron chi connectivity index (χ2n) is 3.87. The number of rotatable bonds is 5. The van der Waals surface area contributed by atoms with Crippen LogP contribution in [-0.4, -0.2) is 11.3 Å². The maximum absolute atomic E-state index is 10.6. The van der Waals surface area contributed by atoms with E-state index in [9.17, 15) is 4.79 Å². The molecule has 0 atom stereocenters. The number of carbonyl (C=O) groups excluding carboxylic acids is 1. The first-order chi connectivity index (χ1) is 9.19. The molecule has 0 bridgehead atoms. The second-order valence-corrected chi connectivity index (χ2v) is 4.69. The molecular weight excluding hydrogens is 285 g/mol. The topological polar surface area (TPSA) is 39.2 Å². The molecule has 2 rings (SSSR count). The Kier molecular flexibility index (Phi) is 4.77. The number of aromatic nitrogens is 1. The first kappa shape index (κ1) is 13.8. The number of carbonyl (C=O) groups is 1. The van der Waals surface area contributed by atoms with Crippen molar-refractivity contribution in [3.05, 3.63) is 57.7 Å². The van der Waals surface area contributed by atoms with Crippen LogP contribution in [0.2, 0.25) is 10.2 Å². The Balaban J connectivity index is 2.12. The van der Waals surface area contributed by atoms with Crippen LogP contribution in [-0.2, 0) is 17.8 Å². The van der Waals surface area contributed by atoms with Crippen molar-refractivity contribution in [2.45, 2.75) is 13.0 Å². The maximum Gasteiger partial charge on any atom is 0.214 e. The highest BCUT2D eigenvalue weighted by Crippen LogP contribution is 2.19. The second kappa shape index (κ2) is 6.55. The van der Waals surface area contributed by atoms with Gasteiger partial charge in [-0.25, -0.2) is 4.98 Å². The lowest BCUT2D eigenvalue weighted by atomic mass is 10.1. The predicted octanol–water partition coefficient (Wildman–Crippen LogP) is 3.71. The number of aldehydes is 1. The fraction of sp³-hybridized carbons (Fsp3) is 0.143. The molecule has 1 aromatic heterocycles. The smallest absolute Gasteiger partial charge is 0.214 e. The molecule has 1 heterocycles. The van der Waals surface area contributed by atoms with Crippen LogP contribution in [0.15, 0.2) is 36.4 Å². The van der Waals surface area contributed by atoms with E-state index in [0.29, 0.717) is 29.1 Å². The van der Waals surface area contributed by atoms with E-state index in [-0.39, 0.29) is 0 Å². The van der Waals surface area contributed by atoms with E-state index in [0.717, 1.165) is 17.4 Å². The van der Waals surface area contributed by atoms with Crippen LogP contribution in [0, 0.1) is 0 Å². The summed E-state index contributed by atoms with van der Waals surface area (Å²) in [6, 6.07) is 10.5. The third-order valence-corrected chi connectivity index (χ3v) is 2.98. The molecule has 0 unspecified atom stereocenters. The van der Waals surface area contributed by atoms with Crippen molar-refractivity contribution in [1.29, 1.82) is 0 Å². The summed E-state index contributed by atoms with van der Waals surface area (Å²) in [5.41, 5.74) is 1.75. The summed E-state index contributed by atoms with van der Waals surface area (Å²) in [4.78, 5) is 14.7. The number of nitrogens with zero attached hydrogens (tertiary/aromatic N) is 1. The lowest BCUT2D eigenvalue weighted by Gasteiger charge is -2.09. The molecule has 0 amide bonds. The minimum atomic E-state index is 0.308. The van der Waals surface area contributed by atoms with E-state index in [1.165, 1.54) is 0 Å². The van der Waals surface area contributed by atoms with E-state index in [1.807, 2.05) is 6.07 Å². The van der Waals surface area contributed by atoms with E-state index >= 15 is 0 Å². The normalized spacial score (nSPS) is 10.2. The zero-order chi connectivity index (χ0) is 13.7. The Hall–Kier alpha value is -1.58. The fourth-order valence-corrected chi connectivity index (χ4v) is 1.99. The molecule has 3 nitrogen and oxygen atoms in total. The Morgan fingerprint density at radius 3 is 2.74 bits per heavy atom. The molecule has 0 saturated heterocycles. The summed E-state index contributed by atoms with van der Waals surface area (Å²) in [5.74, 6) is 0.444. The van der Waals surface area contributed by atoms with Gasteiger partial charge in [-0.1, -0.05) is 35.3 Å². The van der Waals surface area contributed by atoms with Gasteiger partial charge >= 0.3 is 0 Å². The Morgan fingerprint density at radius 2 is 2.00 bits per heavy atom. The predicted molar refractivity (Wildman–Crippen MR) is 74.8 cm³/mol. The summed E-state index contributed by atoms with van der Waals surface area (Å²) in [6.07, 6.45) is 1.15. The standard InChI is InChI=1S/C14H11Cl2NO2/c15-12-5-4-11(10(8-12)6-7-18)9-19-14-3-1-2-13(16)17-14/h1-5,7-8H,6,9H2. The zero-order valence-electron chi connectivity index (χ0n) is 9.98. The van der Waals surface area contributed by atoms with Crippen LogP contribution < -0.4 is 4.74 Å². The van der Waals surface area contributed by atoms with Gasteiger partial charge in [0.25, 0.3) is 0 Å². The third kappa shape index (κ3) is 3.94. The van der Waals surface area contributed by atoms with Crippen molar-refractivity contribution < 1.29 is 9.53 Å². The number of ether oxygens (including phenoxy) is 1. The number of pyridine rings is 1. The minimum Gasteiger partial charge on any atom is -0.473 e. The van der Waals surface area contributed by atoms with Crippen LogP contribution in [0.5, 0.6) is 5.88 Å². The van der Waals surface area contributed by atoms with Gasteiger partial charge in [0.15, 0.2) is 0 Å². The molecule has 0 N–H and O–H groups in total. The van der Waals surface area contributed by atoms with Gasteiger partial charge in [0.2, 0.25) is 5.88 Å². The molecule has 2 aromatic rings. The molecule has 0 radical (unpaired) electrons. The molecular formula is C14H11Cl2NO2. The van der Waals surface area contributed by atoms with Gasteiger partial charge in [-0.05, 0) is 29.3 Å². The number of hydrogen-bond acceptors (Lipinski definition) is 3. The zero-order valence-corrected chi connectivity index (χ0v) is 11.5. The molecule has 19 heavy (non-hydrogen) atoms. The Bertz CT molecular complexity index is 587. The summed E-state index contributed by atoms with van der Waals surface area (Å²) in [7, 11) is 0. The molecule has 98 valence electrons. The van der Waals surface area contributed by atoms with Gasteiger partial charge in [-0.2, -0.15) is 0 Å². The highest BCUT2D eigenvalue weighted by molar-refractivity contribution is 6.30. The molecule has 0 saturated carbocycles. The molecule has 0 fully saturated rings. The summed E-state index contributed by atoms with van der Waals surface area (Å²) < 4.78 is 5.55. The van der Waals surface area contributed by atoms with Crippen LogP contribution in [0.3, 0.4) is 0 Å². The summed E-state index contributed by atoms with van der Waals surface area (Å²) in [5, 5.41) is 0.975.